The molecule has 0 N–H and O–H groups in total. The lowest BCUT2D eigenvalue weighted by Gasteiger charge is -2.18. The fourth-order valence-corrected chi connectivity index (χ4v) is 2.57. The van der Waals surface area contributed by atoms with Gasteiger partial charge in [-0.15, -0.1) is 0 Å². The molecule has 1 atom stereocenters. The van der Waals surface area contributed by atoms with Gasteiger partial charge < -0.3 is 0 Å². The normalized spacial score (nSPS) is 14.5. The first-order valence-corrected chi connectivity index (χ1v) is 8.60. The molecule has 0 amide bonds. The lowest BCUT2D eigenvalue weighted by molar-refractivity contribution is 0.464. The zero-order valence-electron chi connectivity index (χ0n) is 14.2. The van der Waals surface area contributed by atoms with Gasteiger partial charge >= 0.3 is 0 Å². The third-order valence-electron chi connectivity index (χ3n) is 3.77. The Balaban J connectivity index is 4.57. The average Bonchev–Trinajstić information content (AvgIpc) is 2.46. The first-order valence-electron chi connectivity index (χ1n) is 8.60. The molecule has 1 unspecified atom stereocenters. The Kier molecular flexibility index (Phi) is 13.9. The van der Waals surface area contributed by atoms with Crippen LogP contribution in [0.4, 0.5) is 0 Å². The van der Waals surface area contributed by atoms with Crippen LogP contribution in [0.3, 0.4) is 0 Å². The SMILES string of the molecule is CC=N/C=C(\C=C/C)C(CCCCC)CCCCCC. The highest BCUT2D eigenvalue weighted by Crippen LogP contribution is 2.26. The Bertz CT molecular complexity index is 286. The molecule has 116 valence electrons. The van der Waals surface area contributed by atoms with Gasteiger partial charge in [0.2, 0.25) is 0 Å². The van der Waals surface area contributed by atoms with Crippen molar-refractivity contribution >= 4 is 6.21 Å². The van der Waals surface area contributed by atoms with Gasteiger partial charge in [-0.25, -0.2) is 0 Å². The summed E-state index contributed by atoms with van der Waals surface area (Å²) in [6.07, 6.45) is 20.4. The van der Waals surface area contributed by atoms with Crippen LogP contribution in [0.25, 0.3) is 0 Å². The summed E-state index contributed by atoms with van der Waals surface area (Å²) in [4.78, 5) is 4.35. The van der Waals surface area contributed by atoms with Gasteiger partial charge in [-0.1, -0.05) is 70.9 Å². The van der Waals surface area contributed by atoms with E-state index in [1.807, 2.05) is 13.1 Å². The summed E-state index contributed by atoms with van der Waals surface area (Å²) in [5.74, 6) is 0.693. The van der Waals surface area contributed by atoms with E-state index < -0.39 is 0 Å². The molecular formula is C19H35N. The molecule has 0 bridgehead atoms. The van der Waals surface area contributed by atoms with Crippen molar-refractivity contribution in [3.05, 3.63) is 23.9 Å². The van der Waals surface area contributed by atoms with Crippen LogP contribution in [-0.4, -0.2) is 6.21 Å². The van der Waals surface area contributed by atoms with E-state index in [9.17, 15) is 0 Å². The molecule has 1 nitrogen and oxygen atoms in total. The van der Waals surface area contributed by atoms with Crippen molar-refractivity contribution in [2.45, 2.75) is 85.5 Å². The van der Waals surface area contributed by atoms with E-state index in [1.54, 1.807) is 0 Å². The van der Waals surface area contributed by atoms with E-state index in [0.717, 1.165) is 0 Å². The first-order chi connectivity index (χ1) is 9.79. The largest absolute Gasteiger partial charge is 0.269 e. The number of rotatable bonds is 12. The summed E-state index contributed by atoms with van der Waals surface area (Å²) in [6, 6.07) is 0. The van der Waals surface area contributed by atoms with Crippen LogP contribution >= 0.6 is 0 Å². The van der Waals surface area contributed by atoms with Crippen LogP contribution in [0.15, 0.2) is 28.9 Å². The van der Waals surface area contributed by atoms with Crippen molar-refractivity contribution in [2.75, 3.05) is 0 Å². The third-order valence-corrected chi connectivity index (χ3v) is 3.77. The van der Waals surface area contributed by atoms with Crippen molar-refractivity contribution in [1.29, 1.82) is 0 Å². The van der Waals surface area contributed by atoms with E-state index in [4.69, 9.17) is 0 Å². The second-order valence-corrected chi connectivity index (χ2v) is 5.58. The maximum Gasteiger partial charge on any atom is 0.0298 e. The van der Waals surface area contributed by atoms with Gasteiger partial charge in [-0.3, -0.25) is 4.99 Å². The minimum atomic E-state index is 0.693. The molecule has 0 aromatic heterocycles. The van der Waals surface area contributed by atoms with Crippen molar-refractivity contribution < 1.29 is 0 Å². The summed E-state index contributed by atoms with van der Waals surface area (Å²) in [5, 5.41) is 0. The molecule has 0 aromatic rings. The summed E-state index contributed by atoms with van der Waals surface area (Å²) in [7, 11) is 0. The Morgan fingerprint density at radius 3 is 2.05 bits per heavy atom. The minimum Gasteiger partial charge on any atom is -0.269 e. The minimum absolute atomic E-state index is 0.693. The van der Waals surface area contributed by atoms with Crippen LogP contribution in [0.1, 0.15) is 85.5 Å². The van der Waals surface area contributed by atoms with Gasteiger partial charge in [0.15, 0.2) is 0 Å². The molecule has 0 aliphatic heterocycles. The second kappa shape index (κ2) is 14.6. The molecule has 0 spiro atoms. The standard InChI is InChI=1S/C19H35N/c1-5-9-11-13-16-18(15-12-10-6-2)19(14-7-3)17-20-8-4/h7-8,14,17-18H,5-6,9-13,15-16H2,1-4H3/b14-7-,19-17+,20-8?. The molecular weight excluding hydrogens is 242 g/mol. The summed E-state index contributed by atoms with van der Waals surface area (Å²) in [5.41, 5.74) is 1.42. The number of unbranched alkanes of at least 4 members (excludes halogenated alkanes) is 5. The van der Waals surface area contributed by atoms with Crippen molar-refractivity contribution in [2.24, 2.45) is 10.9 Å². The number of hydrogen-bond donors (Lipinski definition) is 0. The zero-order chi connectivity index (χ0) is 15.1. The first kappa shape index (κ1) is 19.1. The Labute approximate surface area is 127 Å². The maximum absolute atomic E-state index is 4.35. The smallest absolute Gasteiger partial charge is 0.0298 e. The topological polar surface area (TPSA) is 12.4 Å². The molecule has 0 fully saturated rings. The Hall–Kier alpha value is -0.850. The molecule has 20 heavy (non-hydrogen) atoms. The van der Waals surface area contributed by atoms with Crippen molar-refractivity contribution in [3.63, 3.8) is 0 Å². The van der Waals surface area contributed by atoms with Gasteiger partial charge in [0.25, 0.3) is 0 Å². The van der Waals surface area contributed by atoms with E-state index in [2.05, 4.69) is 44.1 Å². The number of aliphatic imine (C=N–C) groups is 1. The van der Waals surface area contributed by atoms with Crippen LogP contribution < -0.4 is 0 Å². The van der Waals surface area contributed by atoms with E-state index in [1.165, 1.54) is 63.4 Å². The van der Waals surface area contributed by atoms with Crippen molar-refractivity contribution in [1.82, 2.24) is 0 Å². The molecule has 0 rings (SSSR count). The molecule has 0 saturated heterocycles. The summed E-state index contributed by atoms with van der Waals surface area (Å²) >= 11 is 0. The second-order valence-electron chi connectivity index (χ2n) is 5.58. The molecule has 0 aromatic carbocycles. The molecule has 0 radical (unpaired) electrons. The highest BCUT2D eigenvalue weighted by atomic mass is 14.7. The van der Waals surface area contributed by atoms with Gasteiger partial charge in [-0.05, 0) is 38.2 Å². The van der Waals surface area contributed by atoms with Gasteiger partial charge in [0, 0.05) is 12.4 Å². The predicted octanol–water partition coefficient (Wildman–Crippen LogP) is 6.70. The lowest BCUT2D eigenvalue weighted by atomic mass is 9.88. The zero-order valence-corrected chi connectivity index (χ0v) is 14.2. The average molecular weight is 277 g/mol. The summed E-state index contributed by atoms with van der Waals surface area (Å²) in [6.45, 7) is 8.64. The number of allylic oxidation sites excluding steroid dienone is 3. The van der Waals surface area contributed by atoms with Gasteiger partial charge in [0.1, 0.15) is 0 Å². The molecule has 0 aliphatic carbocycles. The highest BCUT2D eigenvalue weighted by molar-refractivity contribution is 5.54. The van der Waals surface area contributed by atoms with Gasteiger partial charge in [0.05, 0.1) is 0 Å². The number of hydrogen-bond acceptors (Lipinski definition) is 1. The van der Waals surface area contributed by atoms with E-state index in [0.29, 0.717) is 5.92 Å². The highest BCUT2D eigenvalue weighted by Gasteiger charge is 2.11. The van der Waals surface area contributed by atoms with Crippen LogP contribution in [0.5, 0.6) is 0 Å². The van der Waals surface area contributed by atoms with E-state index >= 15 is 0 Å². The van der Waals surface area contributed by atoms with Crippen LogP contribution in [-0.2, 0) is 0 Å². The maximum atomic E-state index is 4.35. The molecule has 0 aliphatic rings. The third kappa shape index (κ3) is 10.00. The Morgan fingerprint density at radius 1 is 0.900 bits per heavy atom. The number of nitrogens with zero attached hydrogens (tertiary/aromatic N) is 1. The molecule has 1 heteroatoms. The molecule has 0 heterocycles. The fraction of sp³-hybridized carbons (Fsp3) is 0.737. The quantitative estimate of drug-likeness (QED) is 0.214. The van der Waals surface area contributed by atoms with Gasteiger partial charge in [-0.2, -0.15) is 0 Å². The van der Waals surface area contributed by atoms with E-state index in [-0.39, 0.29) is 0 Å². The summed E-state index contributed by atoms with van der Waals surface area (Å²) < 4.78 is 0. The van der Waals surface area contributed by atoms with Crippen LogP contribution in [0, 0.1) is 5.92 Å². The Morgan fingerprint density at radius 2 is 1.50 bits per heavy atom. The molecule has 0 saturated carbocycles. The predicted molar refractivity (Wildman–Crippen MR) is 93.5 cm³/mol. The monoisotopic (exact) mass is 277 g/mol. The fourth-order valence-electron chi connectivity index (χ4n) is 2.57. The van der Waals surface area contributed by atoms with Crippen molar-refractivity contribution in [3.8, 4) is 0 Å². The lowest BCUT2D eigenvalue weighted by Crippen LogP contribution is -2.04. The van der Waals surface area contributed by atoms with Crippen LogP contribution in [0.2, 0.25) is 0 Å².